The third-order valence-electron chi connectivity index (χ3n) is 3.21. The first-order chi connectivity index (χ1) is 9.77. The summed E-state index contributed by atoms with van der Waals surface area (Å²) in [5, 5.41) is 9.00. The molecule has 0 saturated heterocycles. The van der Waals surface area contributed by atoms with E-state index in [0.29, 0.717) is 6.54 Å². The van der Waals surface area contributed by atoms with Crippen molar-refractivity contribution in [1.29, 1.82) is 5.26 Å². The van der Waals surface area contributed by atoms with E-state index in [0.717, 1.165) is 30.7 Å². The zero-order valence-electron chi connectivity index (χ0n) is 11.5. The van der Waals surface area contributed by atoms with Crippen molar-refractivity contribution in [3.8, 4) is 17.5 Å². The summed E-state index contributed by atoms with van der Waals surface area (Å²) in [7, 11) is 0. The first-order valence-electron chi connectivity index (χ1n) is 6.83. The van der Waals surface area contributed by atoms with E-state index in [4.69, 9.17) is 5.26 Å². The highest BCUT2D eigenvalue weighted by molar-refractivity contribution is 5.55. The van der Waals surface area contributed by atoms with Crippen LogP contribution in [0.2, 0.25) is 0 Å². The molecule has 4 heteroatoms. The van der Waals surface area contributed by atoms with Gasteiger partial charge in [-0.25, -0.2) is 0 Å². The summed E-state index contributed by atoms with van der Waals surface area (Å²) in [6, 6.07) is 10.9. The summed E-state index contributed by atoms with van der Waals surface area (Å²) >= 11 is 0. The molecule has 0 aliphatic rings. The highest BCUT2D eigenvalue weighted by atomic mass is 16.1. The lowest BCUT2D eigenvalue weighted by Crippen LogP contribution is -2.24. The Morgan fingerprint density at radius 1 is 1.25 bits per heavy atom. The summed E-state index contributed by atoms with van der Waals surface area (Å²) in [4.78, 5) is 16.6. The number of pyridine rings is 2. The number of nitriles is 1. The van der Waals surface area contributed by atoms with E-state index in [-0.39, 0.29) is 11.1 Å². The highest BCUT2D eigenvalue weighted by Crippen LogP contribution is 2.16. The quantitative estimate of drug-likeness (QED) is 0.782. The Bertz CT molecular complexity index is 668. The maximum absolute atomic E-state index is 12.3. The smallest absolute Gasteiger partial charge is 0.268 e. The molecule has 0 fully saturated rings. The predicted octanol–water partition coefficient (Wildman–Crippen LogP) is 2.97. The van der Waals surface area contributed by atoms with E-state index in [1.165, 1.54) is 0 Å². The first-order valence-corrected chi connectivity index (χ1v) is 6.83. The van der Waals surface area contributed by atoms with Crippen LogP contribution in [0.15, 0.2) is 41.3 Å². The van der Waals surface area contributed by atoms with E-state index in [9.17, 15) is 4.79 Å². The van der Waals surface area contributed by atoms with Gasteiger partial charge in [0, 0.05) is 12.7 Å². The Kier molecular flexibility index (Phi) is 4.67. The average Bonchev–Trinajstić information content (AvgIpc) is 2.50. The molecule has 0 bridgehead atoms. The molecule has 20 heavy (non-hydrogen) atoms. The van der Waals surface area contributed by atoms with Crippen molar-refractivity contribution in [2.75, 3.05) is 0 Å². The molecule has 0 amide bonds. The largest absolute Gasteiger partial charge is 0.306 e. The summed E-state index contributed by atoms with van der Waals surface area (Å²) in [5.74, 6) is 0. The van der Waals surface area contributed by atoms with Gasteiger partial charge in [-0.2, -0.15) is 5.26 Å². The lowest BCUT2D eigenvalue weighted by atomic mass is 10.1. The van der Waals surface area contributed by atoms with Crippen LogP contribution in [0, 0.1) is 11.3 Å². The van der Waals surface area contributed by atoms with Crippen LogP contribution in [0.4, 0.5) is 0 Å². The SMILES string of the molecule is CCCCCn1c(-c2ccccn2)ccc(C#N)c1=O. The zero-order valence-corrected chi connectivity index (χ0v) is 11.5. The maximum Gasteiger partial charge on any atom is 0.268 e. The Hall–Kier alpha value is -2.41. The van der Waals surface area contributed by atoms with E-state index < -0.39 is 0 Å². The van der Waals surface area contributed by atoms with Crippen LogP contribution in [-0.4, -0.2) is 9.55 Å². The number of rotatable bonds is 5. The monoisotopic (exact) mass is 267 g/mol. The molecule has 0 aliphatic carbocycles. The Labute approximate surface area is 118 Å². The normalized spacial score (nSPS) is 10.2. The van der Waals surface area contributed by atoms with Gasteiger partial charge in [-0.05, 0) is 30.7 Å². The van der Waals surface area contributed by atoms with Gasteiger partial charge < -0.3 is 4.57 Å². The lowest BCUT2D eigenvalue weighted by molar-refractivity contribution is 0.590. The minimum Gasteiger partial charge on any atom is -0.306 e. The van der Waals surface area contributed by atoms with Crippen LogP contribution in [-0.2, 0) is 6.54 Å². The molecule has 0 atom stereocenters. The van der Waals surface area contributed by atoms with Crippen LogP contribution in [0.25, 0.3) is 11.4 Å². The Morgan fingerprint density at radius 2 is 2.10 bits per heavy atom. The van der Waals surface area contributed by atoms with Crippen molar-refractivity contribution in [1.82, 2.24) is 9.55 Å². The molecule has 102 valence electrons. The third kappa shape index (κ3) is 2.94. The topological polar surface area (TPSA) is 58.7 Å². The molecule has 0 spiro atoms. The standard InChI is InChI=1S/C16H17N3O/c1-2-3-6-11-19-15(14-7-4-5-10-18-14)9-8-13(12-17)16(19)20/h4-5,7-10H,2-3,6,11H2,1H3. The van der Waals surface area contributed by atoms with Crippen LogP contribution in [0.3, 0.4) is 0 Å². The fourth-order valence-corrected chi connectivity index (χ4v) is 2.14. The van der Waals surface area contributed by atoms with Crippen LogP contribution >= 0.6 is 0 Å². The van der Waals surface area contributed by atoms with Gasteiger partial charge in [-0.3, -0.25) is 9.78 Å². The molecule has 0 unspecified atom stereocenters. The van der Waals surface area contributed by atoms with Gasteiger partial charge in [0.05, 0.1) is 11.4 Å². The molecule has 2 rings (SSSR count). The van der Waals surface area contributed by atoms with Gasteiger partial charge in [-0.1, -0.05) is 25.8 Å². The molecule has 0 aromatic carbocycles. The van der Waals surface area contributed by atoms with Gasteiger partial charge in [0.1, 0.15) is 11.6 Å². The molecule has 4 nitrogen and oxygen atoms in total. The summed E-state index contributed by atoms with van der Waals surface area (Å²) in [5.41, 5.74) is 1.48. The second-order valence-electron chi connectivity index (χ2n) is 4.62. The maximum atomic E-state index is 12.3. The number of nitrogens with zero attached hydrogens (tertiary/aromatic N) is 3. The lowest BCUT2D eigenvalue weighted by Gasteiger charge is -2.12. The summed E-state index contributed by atoms with van der Waals surface area (Å²) in [6.45, 7) is 2.74. The molecule has 0 aliphatic heterocycles. The van der Waals surface area contributed by atoms with E-state index in [2.05, 4.69) is 11.9 Å². The van der Waals surface area contributed by atoms with Crippen LogP contribution < -0.4 is 5.56 Å². The van der Waals surface area contributed by atoms with Gasteiger partial charge >= 0.3 is 0 Å². The van der Waals surface area contributed by atoms with Crippen molar-refractivity contribution in [2.45, 2.75) is 32.7 Å². The molecule has 2 aromatic heterocycles. The van der Waals surface area contributed by atoms with Crippen molar-refractivity contribution in [3.05, 3.63) is 52.4 Å². The average molecular weight is 267 g/mol. The molecule has 0 N–H and O–H groups in total. The van der Waals surface area contributed by atoms with Crippen molar-refractivity contribution < 1.29 is 0 Å². The van der Waals surface area contributed by atoms with E-state index in [1.807, 2.05) is 24.3 Å². The number of hydrogen-bond acceptors (Lipinski definition) is 3. The molecule has 0 saturated carbocycles. The Morgan fingerprint density at radius 3 is 2.75 bits per heavy atom. The zero-order chi connectivity index (χ0) is 14.4. The van der Waals surface area contributed by atoms with Crippen LogP contribution in [0.1, 0.15) is 31.7 Å². The van der Waals surface area contributed by atoms with E-state index >= 15 is 0 Å². The molecular weight excluding hydrogens is 250 g/mol. The molecule has 0 radical (unpaired) electrons. The fourth-order valence-electron chi connectivity index (χ4n) is 2.14. The molecule has 2 aromatic rings. The second-order valence-corrected chi connectivity index (χ2v) is 4.62. The van der Waals surface area contributed by atoms with Crippen molar-refractivity contribution in [3.63, 3.8) is 0 Å². The van der Waals surface area contributed by atoms with Crippen LogP contribution in [0.5, 0.6) is 0 Å². The minimum absolute atomic E-state index is 0.182. The predicted molar refractivity (Wildman–Crippen MR) is 78.2 cm³/mol. The number of unbranched alkanes of at least 4 members (excludes halogenated alkanes) is 2. The van der Waals surface area contributed by atoms with Gasteiger partial charge in [0.15, 0.2) is 0 Å². The van der Waals surface area contributed by atoms with E-state index in [1.54, 1.807) is 22.9 Å². The van der Waals surface area contributed by atoms with Gasteiger partial charge in [-0.15, -0.1) is 0 Å². The summed E-state index contributed by atoms with van der Waals surface area (Å²) in [6.07, 6.45) is 4.77. The third-order valence-corrected chi connectivity index (χ3v) is 3.21. The number of aromatic nitrogens is 2. The van der Waals surface area contributed by atoms with Crippen molar-refractivity contribution in [2.24, 2.45) is 0 Å². The summed E-state index contributed by atoms with van der Waals surface area (Å²) < 4.78 is 1.66. The molecular formula is C16H17N3O. The highest BCUT2D eigenvalue weighted by Gasteiger charge is 2.10. The minimum atomic E-state index is -0.230. The number of hydrogen-bond donors (Lipinski definition) is 0. The molecule has 2 heterocycles. The van der Waals surface area contributed by atoms with Crippen molar-refractivity contribution >= 4 is 0 Å². The van der Waals surface area contributed by atoms with Gasteiger partial charge in [0.2, 0.25) is 0 Å². The van der Waals surface area contributed by atoms with Gasteiger partial charge in [0.25, 0.3) is 5.56 Å². The Balaban J connectivity index is 2.49. The first kappa shape index (κ1) is 14.0. The second kappa shape index (κ2) is 6.67. The fraction of sp³-hybridized carbons (Fsp3) is 0.312.